The topological polar surface area (TPSA) is 136 Å². The second kappa shape index (κ2) is 14.1. The lowest BCUT2D eigenvalue weighted by Crippen LogP contribution is -2.54. The molecule has 7 rings (SSSR count). The molecule has 3 saturated heterocycles. The van der Waals surface area contributed by atoms with Crippen LogP contribution in [0.2, 0.25) is 5.02 Å². The Bertz CT molecular complexity index is 1780. The summed E-state index contributed by atoms with van der Waals surface area (Å²) in [5.41, 5.74) is 2.08. The van der Waals surface area contributed by atoms with Crippen LogP contribution in [-0.4, -0.2) is 128 Å². The van der Waals surface area contributed by atoms with Gasteiger partial charge in [-0.3, -0.25) is 19.8 Å². The number of benzene rings is 2. The number of nitrogens with one attached hydrogen (secondary N) is 2. The summed E-state index contributed by atoms with van der Waals surface area (Å²) in [7, 11) is 2.15. The summed E-state index contributed by atoms with van der Waals surface area (Å²) < 4.78 is 7.53. The Hall–Kier alpha value is -4.20. The molecule has 2 amide bonds. The first kappa shape index (κ1) is 32.4. The normalized spacial score (nSPS) is 19.5. The Labute approximate surface area is 283 Å². The number of amides is 2. The number of halogens is 1. The number of ether oxygens (including phenoxy) is 1. The zero-order chi connectivity index (χ0) is 33.2. The lowest BCUT2D eigenvalue weighted by Gasteiger charge is -2.42. The van der Waals surface area contributed by atoms with Crippen molar-refractivity contribution in [2.24, 2.45) is 0 Å². The molecule has 1 atom stereocenters. The van der Waals surface area contributed by atoms with E-state index in [1.165, 1.54) is 4.68 Å². The van der Waals surface area contributed by atoms with Crippen molar-refractivity contribution in [1.82, 2.24) is 44.6 Å². The third-order valence-corrected chi connectivity index (χ3v) is 10.4. The molecule has 4 aromatic rings. The monoisotopic (exact) mass is 675 g/mol. The van der Waals surface area contributed by atoms with Crippen molar-refractivity contribution in [2.45, 2.75) is 50.3 Å². The fourth-order valence-electron chi connectivity index (χ4n) is 7.23. The molecular formula is C34H42ClN9O4. The van der Waals surface area contributed by atoms with Crippen LogP contribution >= 0.6 is 11.6 Å². The summed E-state index contributed by atoms with van der Waals surface area (Å²) in [5.74, 6) is 0.333. The molecule has 2 aromatic carbocycles. The quantitative estimate of drug-likeness (QED) is 0.305. The molecule has 0 spiro atoms. The van der Waals surface area contributed by atoms with Crippen molar-refractivity contribution in [3.63, 3.8) is 0 Å². The number of piperazine rings is 1. The van der Waals surface area contributed by atoms with E-state index in [-0.39, 0.29) is 24.1 Å². The van der Waals surface area contributed by atoms with Crippen LogP contribution in [0.3, 0.4) is 0 Å². The van der Waals surface area contributed by atoms with Crippen LogP contribution in [0.25, 0.3) is 22.3 Å². The van der Waals surface area contributed by atoms with Crippen molar-refractivity contribution in [2.75, 3.05) is 59.4 Å². The lowest BCUT2D eigenvalue weighted by atomic mass is 10.00. The zero-order valence-electron chi connectivity index (χ0n) is 27.2. The molecule has 2 aromatic heterocycles. The number of carbonyl (C=O) groups is 2. The van der Waals surface area contributed by atoms with E-state index in [9.17, 15) is 14.4 Å². The number of rotatable bonds is 7. The Kier molecular flexibility index (Phi) is 9.51. The molecule has 0 saturated carbocycles. The van der Waals surface area contributed by atoms with Gasteiger partial charge in [0.25, 0.3) is 5.91 Å². The minimum absolute atomic E-state index is 0.155. The Morgan fingerprint density at radius 3 is 2.35 bits per heavy atom. The minimum atomic E-state index is -1.00. The summed E-state index contributed by atoms with van der Waals surface area (Å²) >= 11 is 6.53. The molecule has 14 heteroatoms. The highest BCUT2D eigenvalue weighted by Crippen LogP contribution is 2.27. The average molecular weight is 676 g/mol. The van der Waals surface area contributed by atoms with Gasteiger partial charge in [0, 0.05) is 75.8 Å². The largest absolute Gasteiger partial charge is 0.436 e. The SMILES string of the molecule is CN1CCN(C2CCN(C(=O)[C@@H](Cc3cc(Cl)c4[nH]ncc4c3)OC(=O)N3CCC(n4nc(-c5ccccc5)[nH]c4=O)CC3)CC2)CC1. The summed E-state index contributed by atoms with van der Waals surface area (Å²) in [6.07, 6.45) is 3.23. The van der Waals surface area contributed by atoms with Gasteiger partial charge < -0.3 is 19.4 Å². The first-order valence-corrected chi connectivity index (χ1v) is 17.2. The maximum absolute atomic E-state index is 14.0. The number of aromatic nitrogens is 5. The van der Waals surface area contributed by atoms with Gasteiger partial charge >= 0.3 is 11.8 Å². The molecule has 13 nitrogen and oxygen atoms in total. The summed E-state index contributed by atoms with van der Waals surface area (Å²) in [6.45, 7) is 6.23. The van der Waals surface area contributed by atoms with Gasteiger partial charge in [-0.1, -0.05) is 41.9 Å². The summed E-state index contributed by atoms with van der Waals surface area (Å²) in [5, 5.41) is 12.9. The van der Waals surface area contributed by atoms with Crippen LogP contribution in [-0.2, 0) is 16.0 Å². The van der Waals surface area contributed by atoms with Gasteiger partial charge in [0.2, 0.25) is 0 Å². The third kappa shape index (κ3) is 6.99. The molecule has 5 heterocycles. The lowest BCUT2D eigenvalue weighted by molar-refractivity contribution is -0.142. The van der Waals surface area contributed by atoms with E-state index >= 15 is 0 Å². The van der Waals surface area contributed by atoms with E-state index in [0.29, 0.717) is 55.9 Å². The van der Waals surface area contributed by atoms with E-state index in [0.717, 1.165) is 61.1 Å². The molecule has 3 fully saturated rings. The molecule has 3 aliphatic rings. The average Bonchev–Trinajstić information content (AvgIpc) is 3.76. The Balaban J connectivity index is 1.01. The van der Waals surface area contributed by atoms with Gasteiger partial charge in [0.1, 0.15) is 0 Å². The first-order valence-electron chi connectivity index (χ1n) is 16.8. The van der Waals surface area contributed by atoms with E-state index in [1.807, 2.05) is 41.3 Å². The maximum Gasteiger partial charge on any atom is 0.410 e. The fourth-order valence-corrected chi connectivity index (χ4v) is 7.52. The van der Waals surface area contributed by atoms with Gasteiger partial charge in [-0.2, -0.15) is 5.10 Å². The van der Waals surface area contributed by atoms with E-state index in [1.54, 1.807) is 17.2 Å². The number of H-pyrrole nitrogens is 2. The van der Waals surface area contributed by atoms with Crippen LogP contribution in [0, 0.1) is 0 Å². The third-order valence-electron chi connectivity index (χ3n) is 10.1. The van der Waals surface area contributed by atoms with Gasteiger partial charge in [-0.15, -0.1) is 5.10 Å². The number of nitrogens with zero attached hydrogens (tertiary/aromatic N) is 7. The van der Waals surface area contributed by atoms with Gasteiger partial charge in [-0.25, -0.2) is 14.3 Å². The number of fused-ring (bicyclic) bond motifs is 1. The summed E-state index contributed by atoms with van der Waals surface area (Å²) in [6, 6.07) is 13.5. The fraction of sp³-hybridized carbons (Fsp3) is 0.500. The molecule has 3 aliphatic heterocycles. The minimum Gasteiger partial charge on any atom is -0.436 e. The highest BCUT2D eigenvalue weighted by molar-refractivity contribution is 6.35. The highest BCUT2D eigenvalue weighted by Gasteiger charge is 2.35. The van der Waals surface area contributed by atoms with Crippen LogP contribution in [0.1, 0.15) is 37.3 Å². The molecular weight excluding hydrogens is 634 g/mol. The van der Waals surface area contributed by atoms with Gasteiger partial charge in [0.15, 0.2) is 11.9 Å². The molecule has 2 N–H and O–H groups in total. The predicted molar refractivity (Wildman–Crippen MR) is 182 cm³/mol. The molecule has 48 heavy (non-hydrogen) atoms. The van der Waals surface area contributed by atoms with Crippen molar-refractivity contribution in [1.29, 1.82) is 0 Å². The number of likely N-dealkylation sites (tertiary alicyclic amines) is 2. The van der Waals surface area contributed by atoms with Crippen molar-refractivity contribution >= 4 is 34.5 Å². The van der Waals surface area contributed by atoms with E-state index < -0.39 is 12.2 Å². The van der Waals surface area contributed by atoms with Crippen LogP contribution in [0.4, 0.5) is 4.79 Å². The van der Waals surface area contributed by atoms with Crippen molar-refractivity contribution < 1.29 is 14.3 Å². The second-order valence-corrected chi connectivity index (χ2v) is 13.6. The van der Waals surface area contributed by atoms with Gasteiger partial charge in [-0.05, 0) is 50.4 Å². The molecule has 254 valence electrons. The Morgan fingerprint density at radius 1 is 0.938 bits per heavy atom. The number of aromatic amines is 2. The highest BCUT2D eigenvalue weighted by atomic mass is 35.5. The molecule has 0 bridgehead atoms. The number of hydrogen-bond donors (Lipinski definition) is 2. The smallest absolute Gasteiger partial charge is 0.410 e. The van der Waals surface area contributed by atoms with Crippen molar-refractivity contribution in [3.8, 4) is 11.4 Å². The molecule has 0 aliphatic carbocycles. The van der Waals surface area contributed by atoms with Gasteiger partial charge in [0.05, 0.1) is 22.8 Å². The zero-order valence-corrected chi connectivity index (χ0v) is 27.9. The number of likely N-dealkylation sites (N-methyl/N-ethyl adjacent to an activating group) is 1. The molecule has 0 unspecified atom stereocenters. The van der Waals surface area contributed by atoms with Crippen molar-refractivity contribution in [3.05, 3.63) is 69.7 Å². The van der Waals surface area contributed by atoms with Crippen LogP contribution < -0.4 is 5.69 Å². The van der Waals surface area contributed by atoms with E-state index in [4.69, 9.17) is 16.3 Å². The maximum atomic E-state index is 14.0. The standard InChI is InChI=1S/C34H42ClN9O4/c1-40-15-17-41(18-16-40)26-7-11-42(12-8-26)32(45)29(21-23-19-25-22-36-38-30(25)28(35)20-23)48-34(47)43-13-9-27(10-14-43)44-33(46)37-31(39-44)24-5-3-2-4-6-24/h2-6,19-20,22,26-27,29H,7-18,21H2,1H3,(H,36,38)(H,37,39,46)/t29-/m1/s1. The predicted octanol–water partition coefficient (Wildman–Crippen LogP) is 3.39. The van der Waals surface area contributed by atoms with E-state index in [2.05, 4.69) is 37.1 Å². The second-order valence-electron chi connectivity index (χ2n) is 13.2. The molecule has 0 radical (unpaired) electrons. The van der Waals surface area contributed by atoms with Crippen LogP contribution in [0.15, 0.2) is 53.5 Å². The number of carbonyl (C=O) groups excluding carboxylic acids is 2. The summed E-state index contributed by atoms with van der Waals surface area (Å²) in [4.78, 5) is 51.6. The first-order chi connectivity index (χ1) is 23.3. The Morgan fingerprint density at radius 2 is 1.62 bits per heavy atom. The van der Waals surface area contributed by atoms with Crippen LogP contribution in [0.5, 0.6) is 0 Å². The number of hydrogen-bond acceptors (Lipinski definition) is 8. The number of piperidine rings is 2.